The molecule has 39 heavy (non-hydrogen) atoms. The Balaban J connectivity index is 2.01. The maximum atomic E-state index is 11.6. The third-order valence-electron chi connectivity index (χ3n) is 4.54. The quantitative estimate of drug-likeness (QED) is 0.0725. The number of hydroxylamine groups is 1. The van der Waals surface area contributed by atoms with Gasteiger partial charge in [0.1, 0.15) is 23.4 Å². The van der Waals surface area contributed by atoms with Crippen molar-refractivity contribution in [3.63, 3.8) is 0 Å². The number of nitrogens with zero attached hydrogens (tertiary/aromatic N) is 2. The molecule has 0 aliphatic heterocycles. The van der Waals surface area contributed by atoms with Crippen LogP contribution in [-0.2, 0) is 25.0 Å². The second-order valence-electron chi connectivity index (χ2n) is 7.23. The van der Waals surface area contributed by atoms with Gasteiger partial charge in [0.25, 0.3) is 20.2 Å². The molecule has 0 saturated carbocycles. The van der Waals surface area contributed by atoms with Crippen LogP contribution in [0.5, 0.6) is 23.0 Å². The Labute approximate surface area is 229 Å². The molecule has 1 atom stereocenters. The first kappa shape index (κ1) is 29.8. The molecule has 0 bridgehead atoms. The number of nitriles is 1. The Morgan fingerprint density at radius 2 is 1.49 bits per heavy atom. The lowest BCUT2D eigenvalue weighted by atomic mass is 10.3. The molecule has 208 valence electrons. The van der Waals surface area contributed by atoms with Crippen LogP contribution in [0, 0.1) is 11.5 Å². The van der Waals surface area contributed by atoms with Gasteiger partial charge in [-0.1, -0.05) is 28.7 Å². The zero-order chi connectivity index (χ0) is 28.7. The van der Waals surface area contributed by atoms with Gasteiger partial charge in [0.05, 0.1) is 23.5 Å². The van der Waals surface area contributed by atoms with Gasteiger partial charge in [0.15, 0.2) is 11.5 Å². The summed E-state index contributed by atoms with van der Waals surface area (Å²) >= 11 is 0.437. The molecule has 0 heterocycles. The predicted molar refractivity (Wildman–Crippen MR) is 137 cm³/mol. The number of hydrogen-bond donors (Lipinski definition) is 2. The van der Waals surface area contributed by atoms with E-state index < -0.39 is 35.3 Å². The van der Waals surface area contributed by atoms with Gasteiger partial charge in [-0.25, -0.2) is 0 Å². The zero-order valence-corrected chi connectivity index (χ0v) is 22.8. The van der Waals surface area contributed by atoms with E-state index in [0.717, 1.165) is 30.3 Å². The molecule has 13 nitrogen and oxygen atoms in total. The van der Waals surface area contributed by atoms with Gasteiger partial charge < -0.3 is 19.0 Å². The molecule has 0 amide bonds. The summed E-state index contributed by atoms with van der Waals surface area (Å²) < 4.78 is 88.3. The standard InChI is InChI=1S/C23H22N2O11S3/c1-3-33-23(34-17-8-5-4-6-9-17,35-18-10-7-11-19(14-18)38(26,27)28)37-25(16-24)36-21-13-12-20(39(29,30)31)15-22(21)32-2/h4-15H,3H2,1-2H3,(H,26,27,28)(H,29,30,31). The summed E-state index contributed by atoms with van der Waals surface area (Å²) in [6.45, 7) is 1.58. The van der Waals surface area contributed by atoms with Crippen LogP contribution >= 0.6 is 11.9 Å². The first-order chi connectivity index (χ1) is 18.4. The lowest BCUT2D eigenvalue weighted by molar-refractivity contribution is -0.232. The molecule has 3 rings (SSSR count). The fourth-order valence-corrected chi connectivity index (χ4v) is 4.74. The van der Waals surface area contributed by atoms with Gasteiger partial charge in [-0.3, -0.25) is 13.8 Å². The summed E-state index contributed by atoms with van der Waals surface area (Å²) in [5.41, 5.74) is 0. The van der Waals surface area contributed by atoms with Gasteiger partial charge in [0, 0.05) is 12.1 Å². The molecule has 3 aromatic rings. The van der Waals surface area contributed by atoms with E-state index in [4.69, 9.17) is 23.8 Å². The molecule has 1 unspecified atom stereocenters. The molecule has 0 saturated heterocycles. The van der Waals surface area contributed by atoms with Crippen molar-refractivity contribution in [2.45, 2.75) is 22.0 Å². The Hall–Kier alpha value is -3.72. The number of hydrogen-bond acceptors (Lipinski definition) is 12. The van der Waals surface area contributed by atoms with Crippen LogP contribution in [0.3, 0.4) is 0 Å². The minimum absolute atomic E-state index is 0.0243. The molecular formula is C23H22N2O11S3. The minimum Gasteiger partial charge on any atom is -0.493 e. The summed E-state index contributed by atoms with van der Waals surface area (Å²) in [7, 11) is -7.90. The second kappa shape index (κ2) is 12.4. The van der Waals surface area contributed by atoms with Crippen molar-refractivity contribution in [1.82, 2.24) is 4.47 Å². The van der Waals surface area contributed by atoms with Gasteiger partial charge in [-0.05, 0) is 43.3 Å². The van der Waals surface area contributed by atoms with Gasteiger partial charge in [0.2, 0.25) is 6.19 Å². The van der Waals surface area contributed by atoms with E-state index in [9.17, 15) is 31.2 Å². The molecule has 0 radical (unpaired) electrons. The lowest BCUT2D eigenvalue weighted by Crippen LogP contribution is -2.45. The molecule has 16 heteroatoms. The van der Waals surface area contributed by atoms with Crippen molar-refractivity contribution in [1.29, 1.82) is 5.26 Å². The molecule has 0 aromatic heterocycles. The Morgan fingerprint density at radius 1 is 0.872 bits per heavy atom. The van der Waals surface area contributed by atoms with E-state index in [2.05, 4.69) is 0 Å². The highest BCUT2D eigenvalue weighted by Gasteiger charge is 2.43. The first-order valence-corrected chi connectivity index (χ1v) is 14.4. The van der Waals surface area contributed by atoms with E-state index in [1.165, 1.54) is 19.2 Å². The number of ether oxygens (including phenoxy) is 4. The fraction of sp³-hybridized carbons (Fsp3) is 0.174. The SMILES string of the molecule is CCOC(Oc1ccccc1)(Oc1cccc(S(=O)(=O)O)c1)SN(C#N)Oc1ccc(S(=O)(=O)O)cc1OC. The second-order valence-corrected chi connectivity index (χ2v) is 11.1. The van der Waals surface area contributed by atoms with Gasteiger partial charge in [-0.15, -0.1) is 0 Å². The van der Waals surface area contributed by atoms with Crippen LogP contribution in [0.4, 0.5) is 0 Å². The van der Waals surface area contributed by atoms with E-state index in [1.54, 1.807) is 43.4 Å². The summed E-state index contributed by atoms with van der Waals surface area (Å²) in [4.78, 5) is 4.63. The van der Waals surface area contributed by atoms with Crippen molar-refractivity contribution in [3.8, 4) is 29.2 Å². The highest BCUT2D eigenvalue weighted by molar-refractivity contribution is 7.97. The van der Waals surface area contributed by atoms with Crippen molar-refractivity contribution < 1.29 is 49.7 Å². The molecule has 2 N–H and O–H groups in total. The number of methoxy groups -OCH3 is 1. The van der Waals surface area contributed by atoms with Crippen molar-refractivity contribution in [2.24, 2.45) is 0 Å². The topological polar surface area (TPSA) is 182 Å². The largest absolute Gasteiger partial charge is 0.493 e. The third kappa shape index (κ3) is 8.13. The molecule has 0 fully saturated rings. The van der Waals surface area contributed by atoms with E-state index in [1.807, 2.05) is 0 Å². The monoisotopic (exact) mass is 598 g/mol. The lowest BCUT2D eigenvalue weighted by Gasteiger charge is -2.33. The van der Waals surface area contributed by atoms with Crippen molar-refractivity contribution in [2.75, 3.05) is 13.7 Å². The summed E-state index contributed by atoms with van der Waals surface area (Å²) in [6, 6.07) is 16.2. The average Bonchev–Trinajstić information content (AvgIpc) is 2.88. The Kier molecular flexibility index (Phi) is 9.50. The van der Waals surface area contributed by atoms with Crippen LogP contribution in [0.25, 0.3) is 0 Å². The fourth-order valence-electron chi connectivity index (χ4n) is 2.93. The predicted octanol–water partition coefficient (Wildman–Crippen LogP) is 3.72. The van der Waals surface area contributed by atoms with Crippen LogP contribution < -0.4 is 19.0 Å². The van der Waals surface area contributed by atoms with Gasteiger partial charge in [-0.2, -0.15) is 22.1 Å². The molecule has 0 aliphatic carbocycles. The molecule has 0 aliphatic rings. The summed E-state index contributed by atoms with van der Waals surface area (Å²) in [6.07, 6.45) is 1.74. The first-order valence-electron chi connectivity index (χ1n) is 10.8. The Morgan fingerprint density at radius 3 is 2.08 bits per heavy atom. The molecule has 0 spiro atoms. The zero-order valence-electron chi connectivity index (χ0n) is 20.3. The van der Waals surface area contributed by atoms with Crippen LogP contribution in [0.2, 0.25) is 0 Å². The minimum atomic E-state index is -4.57. The van der Waals surface area contributed by atoms with Gasteiger partial charge >= 0.3 is 5.31 Å². The van der Waals surface area contributed by atoms with Crippen LogP contribution in [0.1, 0.15) is 6.92 Å². The smallest absolute Gasteiger partial charge is 0.452 e. The van der Waals surface area contributed by atoms with E-state index >= 15 is 0 Å². The highest BCUT2D eigenvalue weighted by Crippen LogP contribution is 2.38. The maximum Gasteiger partial charge on any atom is 0.452 e. The number of rotatable bonds is 13. The maximum absolute atomic E-state index is 11.6. The average molecular weight is 599 g/mol. The Bertz CT molecular complexity index is 1540. The van der Waals surface area contributed by atoms with Crippen molar-refractivity contribution >= 4 is 32.2 Å². The molecule has 3 aromatic carbocycles. The van der Waals surface area contributed by atoms with E-state index in [0.29, 0.717) is 16.4 Å². The highest BCUT2D eigenvalue weighted by atomic mass is 32.2. The number of para-hydroxylation sites is 1. The van der Waals surface area contributed by atoms with E-state index in [-0.39, 0.29) is 29.6 Å². The third-order valence-corrected chi connectivity index (χ3v) is 7.07. The van der Waals surface area contributed by atoms with Crippen LogP contribution in [0.15, 0.2) is 82.6 Å². The molecular weight excluding hydrogens is 576 g/mol. The summed E-state index contributed by atoms with van der Waals surface area (Å²) in [5.74, 6) is -0.150. The number of benzene rings is 3. The van der Waals surface area contributed by atoms with Crippen molar-refractivity contribution in [3.05, 3.63) is 72.8 Å². The normalized spacial score (nSPS) is 13.0. The van der Waals surface area contributed by atoms with Crippen LogP contribution in [-0.4, -0.2) is 49.4 Å². The summed E-state index contributed by atoms with van der Waals surface area (Å²) in [5, 5.41) is 7.62.